The molecule has 7 nitrogen and oxygen atoms in total. The minimum atomic E-state index is -1.23. The highest BCUT2D eigenvalue weighted by atomic mass is 19.1. The van der Waals surface area contributed by atoms with Gasteiger partial charge in [-0.1, -0.05) is 6.07 Å². The summed E-state index contributed by atoms with van der Waals surface area (Å²) in [6.07, 6.45) is 2.76. The zero-order valence-corrected chi connectivity index (χ0v) is 19.2. The van der Waals surface area contributed by atoms with Crippen LogP contribution in [0.5, 0.6) is 0 Å². The first-order valence-corrected chi connectivity index (χ1v) is 11.8. The summed E-state index contributed by atoms with van der Waals surface area (Å²) in [5.74, 6) is -1.22. The smallest absolute Gasteiger partial charge is 0.261 e. The Morgan fingerprint density at radius 1 is 1.11 bits per heavy atom. The Kier molecular flexibility index (Phi) is 5.60. The number of hydrogen-bond donors (Lipinski definition) is 2. The molecule has 2 N–H and O–H groups in total. The molecule has 4 heterocycles. The van der Waals surface area contributed by atoms with Crippen LogP contribution in [0.2, 0.25) is 0 Å². The summed E-state index contributed by atoms with van der Waals surface area (Å²) < 4.78 is 44.3. The SMILES string of the molecule is O=C(Nc1ccc2c(c1)CNCC2)c1cnn2ccc(N3C[C@@H](F)C[C@@H]3c3cc(F)ccc3F)nc12. The summed E-state index contributed by atoms with van der Waals surface area (Å²) in [5, 5.41) is 10.4. The van der Waals surface area contributed by atoms with Crippen LogP contribution in [0.25, 0.3) is 5.65 Å². The predicted molar refractivity (Wildman–Crippen MR) is 129 cm³/mol. The van der Waals surface area contributed by atoms with Crippen LogP contribution in [0.4, 0.5) is 24.7 Å². The lowest BCUT2D eigenvalue weighted by molar-refractivity contribution is 0.102. The molecule has 10 heteroatoms. The van der Waals surface area contributed by atoms with Gasteiger partial charge in [0, 0.05) is 30.4 Å². The summed E-state index contributed by atoms with van der Waals surface area (Å²) in [7, 11) is 0. The van der Waals surface area contributed by atoms with Crippen LogP contribution in [-0.2, 0) is 13.0 Å². The molecule has 4 aromatic rings. The lowest BCUT2D eigenvalue weighted by atomic mass is 10.0. The van der Waals surface area contributed by atoms with Crippen molar-refractivity contribution in [2.75, 3.05) is 23.3 Å². The van der Waals surface area contributed by atoms with E-state index in [4.69, 9.17) is 0 Å². The Morgan fingerprint density at radius 2 is 2.00 bits per heavy atom. The highest BCUT2D eigenvalue weighted by molar-refractivity contribution is 6.08. The number of carbonyl (C=O) groups excluding carboxylic acids is 1. The van der Waals surface area contributed by atoms with Gasteiger partial charge in [0.15, 0.2) is 5.65 Å². The van der Waals surface area contributed by atoms with Crippen LogP contribution < -0.4 is 15.5 Å². The first kappa shape index (κ1) is 22.5. The second-order valence-corrected chi connectivity index (χ2v) is 9.14. The number of rotatable bonds is 4. The highest BCUT2D eigenvalue weighted by Crippen LogP contribution is 2.38. The molecule has 2 aliphatic rings. The number of nitrogens with one attached hydrogen (secondary N) is 2. The van der Waals surface area contributed by atoms with Gasteiger partial charge in [-0.05, 0) is 60.5 Å². The van der Waals surface area contributed by atoms with Crippen molar-refractivity contribution in [1.29, 1.82) is 0 Å². The van der Waals surface area contributed by atoms with Crippen LogP contribution in [-0.4, -0.2) is 39.8 Å². The Labute approximate surface area is 204 Å². The molecule has 0 radical (unpaired) electrons. The van der Waals surface area contributed by atoms with E-state index >= 15 is 0 Å². The average Bonchev–Trinajstić information content (AvgIpc) is 3.48. The molecule has 0 aliphatic carbocycles. The molecule has 1 fully saturated rings. The Bertz CT molecular complexity index is 1470. The second kappa shape index (κ2) is 8.94. The van der Waals surface area contributed by atoms with E-state index in [9.17, 15) is 18.0 Å². The van der Waals surface area contributed by atoms with E-state index in [0.29, 0.717) is 11.5 Å². The van der Waals surface area contributed by atoms with Gasteiger partial charge in [-0.25, -0.2) is 22.7 Å². The van der Waals surface area contributed by atoms with Gasteiger partial charge in [0.25, 0.3) is 5.91 Å². The summed E-state index contributed by atoms with van der Waals surface area (Å²) in [4.78, 5) is 19.3. The Balaban J connectivity index is 1.31. The third-order valence-corrected chi connectivity index (χ3v) is 6.81. The van der Waals surface area contributed by atoms with Crippen molar-refractivity contribution in [1.82, 2.24) is 19.9 Å². The molecule has 0 unspecified atom stereocenters. The fraction of sp³-hybridized carbons (Fsp3) is 0.269. The van der Waals surface area contributed by atoms with Crippen molar-refractivity contribution in [3.8, 4) is 0 Å². The third kappa shape index (κ3) is 4.07. The van der Waals surface area contributed by atoms with Gasteiger partial charge in [-0.3, -0.25) is 4.79 Å². The zero-order chi connectivity index (χ0) is 24.8. The zero-order valence-electron chi connectivity index (χ0n) is 19.2. The van der Waals surface area contributed by atoms with Crippen LogP contribution in [0.3, 0.4) is 0 Å². The quantitative estimate of drug-likeness (QED) is 0.447. The summed E-state index contributed by atoms with van der Waals surface area (Å²) in [6.45, 7) is 1.66. The van der Waals surface area contributed by atoms with Crippen LogP contribution >= 0.6 is 0 Å². The number of halogens is 3. The monoisotopic (exact) mass is 492 g/mol. The number of aromatic nitrogens is 3. The van der Waals surface area contributed by atoms with Crippen LogP contribution in [0, 0.1) is 11.6 Å². The molecule has 2 aromatic heterocycles. The maximum Gasteiger partial charge on any atom is 0.261 e. The van der Waals surface area contributed by atoms with Crippen LogP contribution in [0.15, 0.2) is 54.9 Å². The molecular formula is C26H23F3N6O. The normalized spacial score (nSPS) is 19.5. The molecule has 1 amide bonds. The largest absolute Gasteiger partial charge is 0.346 e. The standard InChI is InChI=1S/C26H23F3N6O/c27-17-2-4-22(29)20(10-17)23-11-18(28)14-34(23)24-6-8-35-25(33-24)21(13-31-35)26(36)32-19-3-1-15-5-7-30-12-16(15)9-19/h1-4,6,8-10,13,18,23,30H,5,7,11-12,14H2,(H,32,36)/t18-,23+/m0/s1. The fourth-order valence-corrected chi connectivity index (χ4v) is 5.04. The Hall–Kier alpha value is -3.92. The molecule has 0 saturated carbocycles. The maximum absolute atomic E-state index is 14.5. The lowest BCUT2D eigenvalue weighted by Gasteiger charge is -2.26. The van der Waals surface area contributed by atoms with Gasteiger partial charge in [-0.15, -0.1) is 0 Å². The van der Waals surface area contributed by atoms with Gasteiger partial charge < -0.3 is 15.5 Å². The van der Waals surface area contributed by atoms with Gasteiger partial charge in [0.1, 0.15) is 29.2 Å². The van der Waals surface area contributed by atoms with E-state index in [1.54, 1.807) is 17.2 Å². The average molecular weight is 493 g/mol. The number of nitrogens with zero attached hydrogens (tertiary/aromatic N) is 4. The second-order valence-electron chi connectivity index (χ2n) is 9.14. The number of benzene rings is 2. The van der Waals surface area contributed by atoms with E-state index in [2.05, 4.69) is 20.7 Å². The number of hydrogen-bond acceptors (Lipinski definition) is 5. The minimum absolute atomic E-state index is 0.00697. The van der Waals surface area contributed by atoms with E-state index in [-0.39, 0.29) is 35.6 Å². The first-order chi connectivity index (χ1) is 17.5. The summed E-state index contributed by atoms with van der Waals surface area (Å²) >= 11 is 0. The molecular weight excluding hydrogens is 469 g/mol. The number of anilines is 2. The summed E-state index contributed by atoms with van der Waals surface area (Å²) in [6, 6.07) is 9.91. The van der Waals surface area contributed by atoms with E-state index in [1.165, 1.54) is 16.3 Å². The molecule has 6 rings (SSSR count). The minimum Gasteiger partial charge on any atom is -0.346 e. The van der Waals surface area contributed by atoms with Crippen LogP contribution in [0.1, 0.15) is 39.5 Å². The van der Waals surface area contributed by atoms with Crippen molar-refractivity contribution in [2.24, 2.45) is 0 Å². The van der Waals surface area contributed by atoms with Gasteiger partial charge in [0.05, 0.1) is 18.8 Å². The van der Waals surface area contributed by atoms with Crippen molar-refractivity contribution in [2.45, 2.75) is 31.6 Å². The molecule has 0 spiro atoms. The first-order valence-electron chi connectivity index (χ1n) is 11.8. The number of fused-ring (bicyclic) bond motifs is 2. The molecule has 2 atom stereocenters. The van der Waals surface area contributed by atoms with E-state index in [1.807, 2.05) is 18.2 Å². The molecule has 0 bridgehead atoms. The molecule has 36 heavy (non-hydrogen) atoms. The van der Waals surface area contributed by atoms with Gasteiger partial charge in [0.2, 0.25) is 0 Å². The molecule has 184 valence electrons. The third-order valence-electron chi connectivity index (χ3n) is 6.81. The van der Waals surface area contributed by atoms with Crippen molar-refractivity contribution >= 4 is 23.1 Å². The topological polar surface area (TPSA) is 74.6 Å². The number of alkyl halides is 1. The summed E-state index contributed by atoms with van der Waals surface area (Å²) in [5.41, 5.74) is 3.67. The van der Waals surface area contributed by atoms with Crippen molar-refractivity contribution in [3.05, 3.63) is 88.7 Å². The van der Waals surface area contributed by atoms with Gasteiger partial charge in [-0.2, -0.15) is 5.10 Å². The molecule has 1 saturated heterocycles. The van der Waals surface area contributed by atoms with Crippen molar-refractivity contribution in [3.63, 3.8) is 0 Å². The maximum atomic E-state index is 14.5. The lowest BCUT2D eigenvalue weighted by Crippen LogP contribution is -2.25. The Morgan fingerprint density at radius 3 is 2.89 bits per heavy atom. The van der Waals surface area contributed by atoms with Gasteiger partial charge >= 0.3 is 0 Å². The van der Waals surface area contributed by atoms with Crippen molar-refractivity contribution < 1.29 is 18.0 Å². The fourth-order valence-electron chi connectivity index (χ4n) is 5.04. The number of amides is 1. The molecule has 2 aliphatic heterocycles. The highest BCUT2D eigenvalue weighted by Gasteiger charge is 2.36. The molecule has 2 aromatic carbocycles. The van der Waals surface area contributed by atoms with E-state index < -0.39 is 23.8 Å². The predicted octanol–water partition coefficient (Wildman–Crippen LogP) is 4.20. The van der Waals surface area contributed by atoms with E-state index in [0.717, 1.165) is 43.3 Å². The number of carbonyl (C=O) groups is 1.